The summed E-state index contributed by atoms with van der Waals surface area (Å²) >= 11 is 17.6. The van der Waals surface area contributed by atoms with E-state index in [1.807, 2.05) is 24.3 Å². The molecule has 0 N–H and O–H groups in total. The normalized spacial score (nSPS) is 24.4. The first-order valence-electron chi connectivity index (χ1n) is 5.35. The fourth-order valence-corrected chi connectivity index (χ4v) is 2.72. The summed E-state index contributed by atoms with van der Waals surface area (Å²) in [6.45, 7) is 1.19. The van der Waals surface area contributed by atoms with Gasteiger partial charge < -0.3 is 4.90 Å². The van der Waals surface area contributed by atoms with Crippen LogP contribution in [0.3, 0.4) is 0 Å². The first-order valence-corrected chi connectivity index (χ1v) is 6.70. The molecule has 2 atom stereocenters. The zero-order chi connectivity index (χ0) is 12.4. The molecule has 0 bridgehead atoms. The van der Waals surface area contributed by atoms with Crippen LogP contribution in [0.25, 0.3) is 0 Å². The van der Waals surface area contributed by atoms with E-state index in [1.165, 1.54) is 0 Å². The lowest BCUT2D eigenvalue weighted by molar-refractivity contribution is -0.127. The average molecular weight is 293 g/mol. The van der Waals surface area contributed by atoms with Crippen LogP contribution >= 0.6 is 34.8 Å². The van der Waals surface area contributed by atoms with E-state index in [2.05, 4.69) is 0 Å². The number of hydrogen-bond acceptors (Lipinski definition) is 1. The van der Waals surface area contributed by atoms with Crippen molar-refractivity contribution in [3.05, 3.63) is 34.9 Å². The SMILES string of the molecule is O=C1[C@@H](Cl)[C@H](CCl)CN1Cc1ccc(Cl)cc1. The largest absolute Gasteiger partial charge is 0.337 e. The third-order valence-electron chi connectivity index (χ3n) is 2.90. The molecule has 0 radical (unpaired) electrons. The molecule has 92 valence electrons. The summed E-state index contributed by atoms with van der Waals surface area (Å²) in [5, 5.41) is 0.204. The van der Waals surface area contributed by atoms with Gasteiger partial charge in [0, 0.05) is 29.9 Å². The highest BCUT2D eigenvalue weighted by Crippen LogP contribution is 2.26. The molecule has 0 spiro atoms. The number of carbonyl (C=O) groups is 1. The number of hydrogen-bond donors (Lipinski definition) is 0. The smallest absolute Gasteiger partial charge is 0.241 e. The van der Waals surface area contributed by atoms with Crippen LogP contribution in [0.1, 0.15) is 5.56 Å². The zero-order valence-electron chi connectivity index (χ0n) is 9.07. The maximum absolute atomic E-state index is 11.9. The van der Waals surface area contributed by atoms with Gasteiger partial charge in [-0.2, -0.15) is 0 Å². The third kappa shape index (κ3) is 2.87. The van der Waals surface area contributed by atoms with E-state index in [9.17, 15) is 4.79 Å². The standard InChI is InChI=1S/C12H12Cl3NO/c13-5-9-7-16(12(17)11(9)15)6-8-1-3-10(14)4-2-8/h1-4,9,11H,5-7H2/t9-,11+/m1/s1. The molecular formula is C12H12Cl3NO. The van der Waals surface area contributed by atoms with Crippen LogP contribution < -0.4 is 0 Å². The van der Waals surface area contributed by atoms with Gasteiger partial charge in [0.25, 0.3) is 0 Å². The number of rotatable bonds is 3. The van der Waals surface area contributed by atoms with E-state index in [0.717, 1.165) is 5.56 Å². The Bertz CT molecular complexity index is 407. The number of amides is 1. The van der Waals surface area contributed by atoms with Gasteiger partial charge in [-0.1, -0.05) is 23.7 Å². The molecule has 2 rings (SSSR count). The Balaban J connectivity index is 2.05. The van der Waals surface area contributed by atoms with E-state index in [0.29, 0.717) is 24.0 Å². The first kappa shape index (κ1) is 13.0. The van der Waals surface area contributed by atoms with Gasteiger partial charge in [-0.25, -0.2) is 0 Å². The third-order valence-corrected chi connectivity index (χ3v) is 4.09. The van der Waals surface area contributed by atoms with Crippen LogP contribution in [-0.4, -0.2) is 28.6 Å². The predicted octanol–water partition coefficient (Wildman–Crippen LogP) is 3.14. The van der Waals surface area contributed by atoms with Gasteiger partial charge in [-0.15, -0.1) is 23.2 Å². The lowest BCUT2D eigenvalue weighted by Gasteiger charge is -2.16. The molecule has 5 heteroatoms. The zero-order valence-corrected chi connectivity index (χ0v) is 11.3. The Morgan fingerprint density at radius 3 is 2.47 bits per heavy atom. The molecule has 0 aliphatic carbocycles. The second kappa shape index (κ2) is 5.47. The number of nitrogens with zero attached hydrogens (tertiary/aromatic N) is 1. The van der Waals surface area contributed by atoms with Crippen molar-refractivity contribution in [2.24, 2.45) is 5.92 Å². The Morgan fingerprint density at radius 1 is 1.29 bits per heavy atom. The molecule has 1 saturated heterocycles. The van der Waals surface area contributed by atoms with E-state index >= 15 is 0 Å². The van der Waals surface area contributed by atoms with Gasteiger partial charge in [-0.3, -0.25) is 4.79 Å². The van der Waals surface area contributed by atoms with Crippen molar-refractivity contribution in [2.45, 2.75) is 11.9 Å². The molecule has 1 amide bonds. The monoisotopic (exact) mass is 291 g/mol. The molecule has 2 nitrogen and oxygen atoms in total. The van der Waals surface area contributed by atoms with Gasteiger partial charge in [0.15, 0.2) is 0 Å². The van der Waals surface area contributed by atoms with Crippen molar-refractivity contribution in [2.75, 3.05) is 12.4 Å². The number of likely N-dealkylation sites (tertiary alicyclic amines) is 1. The topological polar surface area (TPSA) is 20.3 Å². The molecule has 0 saturated carbocycles. The molecule has 1 heterocycles. The Morgan fingerprint density at radius 2 is 1.94 bits per heavy atom. The fourth-order valence-electron chi connectivity index (χ4n) is 1.92. The summed E-state index contributed by atoms with van der Waals surface area (Å²) in [6.07, 6.45) is 0. The quantitative estimate of drug-likeness (QED) is 0.784. The lowest BCUT2D eigenvalue weighted by atomic mass is 10.1. The minimum absolute atomic E-state index is 0.0349. The second-order valence-electron chi connectivity index (χ2n) is 4.16. The molecule has 1 aliphatic rings. The van der Waals surface area contributed by atoms with Gasteiger partial charge in [-0.05, 0) is 17.7 Å². The van der Waals surface area contributed by atoms with Crippen molar-refractivity contribution in [3.63, 3.8) is 0 Å². The predicted molar refractivity (Wildman–Crippen MR) is 70.7 cm³/mol. The number of alkyl halides is 2. The molecule has 1 fully saturated rings. The first-order chi connectivity index (χ1) is 8.11. The summed E-state index contributed by atoms with van der Waals surface area (Å²) in [5.41, 5.74) is 1.04. The lowest BCUT2D eigenvalue weighted by Crippen LogP contribution is -2.27. The highest BCUT2D eigenvalue weighted by atomic mass is 35.5. The molecular weight excluding hydrogens is 280 g/mol. The van der Waals surface area contributed by atoms with Crippen LogP contribution in [0.4, 0.5) is 0 Å². The molecule has 0 unspecified atom stereocenters. The number of benzene rings is 1. The maximum Gasteiger partial charge on any atom is 0.241 e. The molecule has 1 aliphatic heterocycles. The summed E-state index contributed by atoms with van der Waals surface area (Å²) in [7, 11) is 0. The molecule has 1 aromatic rings. The molecule has 17 heavy (non-hydrogen) atoms. The van der Waals surface area contributed by atoms with Crippen LogP contribution in [0, 0.1) is 5.92 Å². The summed E-state index contributed by atoms with van der Waals surface area (Å²) < 4.78 is 0. The van der Waals surface area contributed by atoms with Crippen LogP contribution in [0.15, 0.2) is 24.3 Å². The van der Waals surface area contributed by atoms with Gasteiger partial charge in [0.05, 0.1) is 0 Å². The maximum atomic E-state index is 11.9. The average Bonchev–Trinajstić information content (AvgIpc) is 2.60. The van der Waals surface area contributed by atoms with E-state index in [4.69, 9.17) is 34.8 Å². The van der Waals surface area contributed by atoms with Gasteiger partial charge >= 0.3 is 0 Å². The fraction of sp³-hybridized carbons (Fsp3) is 0.417. The summed E-state index contributed by atoms with van der Waals surface area (Å²) in [4.78, 5) is 13.6. The van der Waals surface area contributed by atoms with Crippen LogP contribution in [0.5, 0.6) is 0 Å². The number of halogens is 3. The minimum atomic E-state index is -0.486. The molecule has 0 aromatic heterocycles. The van der Waals surface area contributed by atoms with E-state index in [1.54, 1.807) is 4.90 Å². The van der Waals surface area contributed by atoms with E-state index in [-0.39, 0.29) is 11.8 Å². The van der Waals surface area contributed by atoms with Crippen LogP contribution in [0.2, 0.25) is 5.02 Å². The van der Waals surface area contributed by atoms with Crippen molar-refractivity contribution >= 4 is 40.7 Å². The Labute approximate surface area is 115 Å². The minimum Gasteiger partial charge on any atom is -0.337 e. The van der Waals surface area contributed by atoms with Crippen LogP contribution in [-0.2, 0) is 11.3 Å². The Hall–Kier alpha value is -0.440. The van der Waals surface area contributed by atoms with Gasteiger partial charge in [0.1, 0.15) is 5.38 Å². The Kier molecular flexibility index (Phi) is 4.18. The van der Waals surface area contributed by atoms with Crippen molar-refractivity contribution in [1.82, 2.24) is 4.90 Å². The highest BCUT2D eigenvalue weighted by Gasteiger charge is 2.38. The van der Waals surface area contributed by atoms with Crippen molar-refractivity contribution in [1.29, 1.82) is 0 Å². The van der Waals surface area contributed by atoms with Crippen molar-refractivity contribution in [3.8, 4) is 0 Å². The number of carbonyl (C=O) groups excluding carboxylic acids is 1. The summed E-state index contributed by atoms with van der Waals surface area (Å²) in [5.74, 6) is 0.419. The van der Waals surface area contributed by atoms with E-state index < -0.39 is 5.38 Å². The van der Waals surface area contributed by atoms with Crippen molar-refractivity contribution < 1.29 is 4.79 Å². The highest BCUT2D eigenvalue weighted by molar-refractivity contribution is 6.32. The summed E-state index contributed by atoms with van der Waals surface area (Å²) in [6, 6.07) is 7.45. The van der Waals surface area contributed by atoms with Gasteiger partial charge in [0.2, 0.25) is 5.91 Å². The molecule has 1 aromatic carbocycles. The second-order valence-corrected chi connectivity index (χ2v) is 5.38.